The van der Waals surface area contributed by atoms with Crippen LogP contribution in [-0.4, -0.2) is 48.1 Å². The number of hydrogen-bond donors (Lipinski definition) is 2. The topological polar surface area (TPSA) is 103 Å². The van der Waals surface area contributed by atoms with Crippen LogP contribution in [-0.2, 0) is 6.42 Å². The maximum absolute atomic E-state index is 11.2. The number of ether oxygens (including phenoxy) is 3. The summed E-state index contributed by atoms with van der Waals surface area (Å²) in [5.41, 5.74) is 1.23. The van der Waals surface area contributed by atoms with Crippen molar-refractivity contribution in [1.29, 1.82) is 0 Å². The van der Waals surface area contributed by atoms with Crippen molar-refractivity contribution in [2.24, 2.45) is 0 Å². The van der Waals surface area contributed by atoms with Gasteiger partial charge in [0.1, 0.15) is 11.6 Å². The second-order valence-electron chi connectivity index (χ2n) is 6.38. The van der Waals surface area contributed by atoms with Crippen molar-refractivity contribution in [1.82, 2.24) is 9.97 Å². The summed E-state index contributed by atoms with van der Waals surface area (Å²) in [6.45, 7) is 0.633. The van der Waals surface area contributed by atoms with E-state index in [-0.39, 0.29) is 5.56 Å². The Bertz CT molecular complexity index is 1060. The van der Waals surface area contributed by atoms with Crippen LogP contribution in [0, 0.1) is 0 Å². The van der Waals surface area contributed by atoms with Crippen molar-refractivity contribution in [3.63, 3.8) is 0 Å². The summed E-state index contributed by atoms with van der Waals surface area (Å²) >= 11 is 1.39. The number of hydrogen-bond acceptors (Lipinski definition) is 8. The molecule has 0 aliphatic carbocycles. The second-order valence-corrected chi connectivity index (χ2v) is 7.15. The van der Waals surface area contributed by atoms with Crippen LogP contribution in [0.15, 0.2) is 53.7 Å². The number of carboxylic acids is 1. The zero-order chi connectivity index (χ0) is 22.2. The van der Waals surface area contributed by atoms with Gasteiger partial charge in [0.25, 0.3) is 0 Å². The molecule has 1 aromatic heterocycles. The van der Waals surface area contributed by atoms with Gasteiger partial charge in [-0.15, -0.1) is 0 Å². The number of nitrogens with one attached hydrogen (secondary N) is 1. The molecular weight excluding hydrogens is 418 g/mol. The van der Waals surface area contributed by atoms with Crippen LogP contribution in [0.4, 0.5) is 5.82 Å². The zero-order valence-electron chi connectivity index (χ0n) is 17.4. The van der Waals surface area contributed by atoms with Gasteiger partial charge in [-0.2, -0.15) is 4.98 Å². The SMILES string of the molecule is COc1ccc(CCNc2cc(Oc3cccc(C(=O)O)c3)nc(SC)n2)cc1OC. The Morgan fingerprint density at radius 1 is 1.06 bits per heavy atom. The molecule has 9 heteroatoms. The van der Waals surface area contributed by atoms with Gasteiger partial charge in [-0.05, 0) is 48.6 Å². The number of methoxy groups -OCH3 is 2. The van der Waals surface area contributed by atoms with E-state index in [9.17, 15) is 4.79 Å². The third-order valence-electron chi connectivity index (χ3n) is 4.34. The van der Waals surface area contributed by atoms with E-state index in [1.165, 1.54) is 23.9 Å². The number of anilines is 1. The first kappa shape index (κ1) is 22.2. The van der Waals surface area contributed by atoms with E-state index >= 15 is 0 Å². The summed E-state index contributed by atoms with van der Waals surface area (Å²) in [6.07, 6.45) is 2.62. The molecule has 0 bridgehead atoms. The van der Waals surface area contributed by atoms with Crippen LogP contribution in [0.3, 0.4) is 0 Å². The number of aromatic carboxylic acids is 1. The molecule has 0 amide bonds. The van der Waals surface area contributed by atoms with Gasteiger partial charge in [0.2, 0.25) is 5.88 Å². The zero-order valence-corrected chi connectivity index (χ0v) is 18.2. The van der Waals surface area contributed by atoms with Crippen LogP contribution < -0.4 is 19.5 Å². The third kappa shape index (κ3) is 6.02. The molecule has 0 unspecified atom stereocenters. The second kappa shape index (κ2) is 10.5. The summed E-state index contributed by atoms with van der Waals surface area (Å²) in [7, 11) is 3.22. The normalized spacial score (nSPS) is 10.4. The molecule has 0 spiro atoms. The number of thioether (sulfide) groups is 1. The molecule has 0 aliphatic rings. The number of nitrogens with zero attached hydrogens (tertiary/aromatic N) is 2. The fourth-order valence-electron chi connectivity index (χ4n) is 2.82. The molecule has 2 N–H and O–H groups in total. The van der Waals surface area contributed by atoms with Gasteiger partial charge in [0.15, 0.2) is 16.7 Å². The summed E-state index contributed by atoms with van der Waals surface area (Å²) in [6, 6.07) is 13.7. The van der Waals surface area contributed by atoms with E-state index in [1.54, 1.807) is 32.4 Å². The molecule has 0 fully saturated rings. The average molecular weight is 442 g/mol. The fraction of sp³-hybridized carbons (Fsp3) is 0.227. The Balaban J connectivity index is 1.69. The van der Waals surface area contributed by atoms with Gasteiger partial charge < -0.3 is 24.6 Å². The van der Waals surface area contributed by atoms with Crippen molar-refractivity contribution in [2.75, 3.05) is 32.3 Å². The summed E-state index contributed by atoms with van der Waals surface area (Å²) in [5, 5.41) is 13.0. The molecule has 3 aromatic rings. The molecule has 0 saturated carbocycles. The summed E-state index contributed by atoms with van der Waals surface area (Å²) in [5.74, 6) is 1.69. The first-order valence-electron chi connectivity index (χ1n) is 9.41. The third-order valence-corrected chi connectivity index (χ3v) is 4.88. The van der Waals surface area contributed by atoms with Gasteiger partial charge in [-0.1, -0.05) is 23.9 Å². The molecule has 3 rings (SSSR count). The van der Waals surface area contributed by atoms with Gasteiger partial charge in [0.05, 0.1) is 19.8 Å². The van der Waals surface area contributed by atoms with Crippen molar-refractivity contribution < 1.29 is 24.1 Å². The Morgan fingerprint density at radius 2 is 1.87 bits per heavy atom. The smallest absolute Gasteiger partial charge is 0.335 e. The minimum Gasteiger partial charge on any atom is -0.493 e. The molecule has 8 nitrogen and oxygen atoms in total. The Kier molecular flexibility index (Phi) is 7.55. The maximum Gasteiger partial charge on any atom is 0.335 e. The van der Waals surface area contributed by atoms with Gasteiger partial charge in [-0.3, -0.25) is 0 Å². The fourth-order valence-corrected chi connectivity index (χ4v) is 3.19. The molecular formula is C22H23N3O5S. The number of carbonyl (C=O) groups is 1. The van der Waals surface area contributed by atoms with Crippen molar-refractivity contribution in [3.05, 3.63) is 59.7 Å². The maximum atomic E-state index is 11.2. The lowest BCUT2D eigenvalue weighted by Crippen LogP contribution is -2.08. The van der Waals surface area contributed by atoms with E-state index in [1.807, 2.05) is 24.5 Å². The first-order valence-corrected chi connectivity index (χ1v) is 10.6. The lowest BCUT2D eigenvalue weighted by Gasteiger charge is -2.12. The van der Waals surface area contributed by atoms with Crippen LogP contribution in [0.2, 0.25) is 0 Å². The lowest BCUT2D eigenvalue weighted by molar-refractivity contribution is 0.0696. The minimum atomic E-state index is -1.02. The summed E-state index contributed by atoms with van der Waals surface area (Å²) < 4.78 is 16.4. The monoisotopic (exact) mass is 441 g/mol. The standard InChI is InChI=1S/C22H23N3O5S/c1-28-17-8-7-14(11-18(17)29-2)9-10-23-19-13-20(25-22(24-19)31-3)30-16-6-4-5-15(12-16)21(26)27/h4-8,11-13H,9-10H2,1-3H3,(H,26,27)(H,23,24,25). The van der Waals surface area contributed by atoms with E-state index in [0.29, 0.717) is 40.6 Å². The van der Waals surface area contributed by atoms with Crippen LogP contribution >= 0.6 is 11.8 Å². The van der Waals surface area contributed by atoms with Crippen LogP contribution in [0.25, 0.3) is 0 Å². The molecule has 31 heavy (non-hydrogen) atoms. The van der Waals surface area contributed by atoms with E-state index < -0.39 is 5.97 Å². The average Bonchev–Trinajstić information content (AvgIpc) is 2.78. The van der Waals surface area contributed by atoms with E-state index in [2.05, 4.69) is 15.3 Å². The van der Waals surface area contributed by atoms with Crippen LogP contribution in [0.1, 0.15) is 15.9 Å². The number of rotatable bonds is 10. The van der Waals surface area contributed by atoms with Crippen LogP contribution in [0.5, 0.6) is 23.1 Å². The van der Waals surface area contributed by atoms with Gasteiger partial charge in [-0.25, -0.2) is 9.78 Å². The predicted octanol–water partition coefficient (Wildman–Crippen LogP) is 4.36. The highest BCUT2D eigenvalue weighted by atomic mass is 32.2. The Hall–Kier alpha value is -3.46. The largest absolute Gasteiger partial charge is 0.493 e. The number of benzene rings is 2. The molecule has 0 atom stereocenters. The van der Waals surface area contributed by atoms with E-state index in [0.717, 1.165) is 12.0 Å². The molecule has 0 saturated heterocycles. The number of carboxylic acid groups (broad SMARTS) is 1. The molecule has 0 aliphatic heterocycles. The lowest BCUT2D eigenvalue weighted by atomic mass is 10.1. The molecule has 162 valence electrons. The molecule has 1 heterocycles. The Labute approximate surface area is 184 Å². The van der Waals surface area contributed by atoms with Crippen molar-refractivity contribution in [3.8, 4) is 23.1 Å². The van der Waals surface area contributed by atoms with Crippen molar-refractivity contribution in [2.45, 2.75) is 11.6 Å². The van der Waals surface area contributed by atoms with Gasteiger partial charge >= 0.3 is 5.97 Å². The minimum absolute atomic E-state index is 0.143. The Morgan fingerprint density at radius 3 is 2.58 bits per heavy atom. The highest BCUT2D eigenvalue weighted by molar-refractivity contribution is 7.98. The predicted molar refractivity (Wildman–Crippen MR) is 119 cm³/mol. The van der Waals surface area contributed by atoms with E-state index in [4.69, 9.17) is 19.3 Å². The highest BCUT2D eigenvalue weighted by Crippen LogP contribution is 2.28. The van der Waals surface area contributed by atoms with Crippen molar-refractivity contribution >= 4 is 23.5 Å². The highest BCUT2D eigenvalue weighted by Gasteiger charge is 2.09. The first-order chi connectivity index (χ1) is 15.0. The quantitative estimate of drug-likeness (QED) is 0.351. The molecule has 0 radical (unpaired) electrons. The van der Waals surface area contributed by atoms with Gasteiger partial charge in [0, 0.05) is 12.6 Å². The number of aromatic nitrogens is 2. The molecule has 2 aromatic carbocycles. The summed E-state index contributed by atoms with van der Waals surface area (Å²) in [4.78, 5) is 20.0.